The Hall–Kier alpha value is -0.980. The SMILES string of the molecule is CCCCOc1[c]cc(C(C)(C)CC(C)(C)C)cc1. The van der Waals surface area contributed by atoms with Crippen molar-refractivity contribution in [3.8, 4) is 5.75 Å². The van der Waals surface area contributed by atoms with Crippen LogP contribution in [-0.4, -0.2) is 6.61 Å². The number of unbranched alkanes of at least 4 members (excludes halogenated alkanes) is 1. The van der Waals surface area contributed by atoms with Crippen molar-refractivity contribution in [2.24, 2.45) is 5.41 Å². The minimum absolute atomic E-state index is 0.177. The van der Waals surface area contributed by atoms with Crippen LogP contribution in [0.2, 0.25) is 0 Å². The first-order valence-corrected chi connectivity index (χ1v) is 7.40. The zero-order valence-electron chi connectivity index (χ0n) is 13.5. The van der Waals surface area contributed by atoms with Crippen molar-refractivity contribution in [1.82, 2.24) is 0 Å². The van der Waals surface area contributed by atoms with Gasteiger partial charge >= 0.3 is 0 Å². The van der Waals surface area contributed by atoms with Crippen LogP contribution in [0.15, 0.2) is 18.2 Å². The number of hydrogen-bond acceptors (Lipinski definition) is 1. The van der Waals surface area contributed by atoms with E-state index in [0.717, 1.165) is 31.6 Å². The molecule has 1 heteroatoms. The smallest absolute Gasteiger partial charge is 0.127 e. The molecule has 1 radical (unpaired) electrons. The maximum absolute atomic E-state index is 5.66. The fourth-order valence-corrected chi connectivity index (χ4v) is 2.68. The molecule has 1 rings (SSSR count). The third kappa shape index (κ3) is 5.67. The first-order chi connectivity index (χ1) is 8.74. The van der Waals surface area contributed by atoms with Gasteiger partial charge in [0.25, 0.3) is 0 Å². The van der Waals surface area contributed by atoms with Gasteiger partial charge in [-0.25, -0.2) is 0 Å². The standard InChI is InChI=1S/C18H29O/c1-7-8-13-19-16-11-9-15(10-12-16)18(5,6)14-17(2,3)4/h9-11H,7-8,13-14H2,1-6H3. The van der Waals surface area contributed by atoms with E-state index in [1.807, 2.05) is 0 Å². The highest BCUT2D eigenvalue weighted by atomic mass is 16.5. The summed E-state index contributed by atoms with van der Waals surface area (Å²) in [6, 6.07) is 9.59. The third-order valence-electron chi connectivity index (χ3n) is 3.29. The largest absolute Gasteiger partial charge is 0.493 e. The number of benzene rings is 1. The third-order valence-corrected chi connectivity index (χ3v) is 3.29. The van der Waals surface area contributed by atoms with Crippen LogP contribution < -0.4 is 4.74 Å². The summed E-state index contributed by atoms with van der Waals surface area (Å²) < 4.78 is 5.66. The summed E-state index contributed by atoms with van der Waals surface area (Å²) in [5.41, 5.74) is 1.85. The molecule has 0 aliphatic heterocycles. The summed E-state index contributed by atoms with van der Waals surface area (Å²) in [6.45, 7) is 14.4. The second-order valence-electron chi connectivity index (χ2n) is 7.26. The van der Waals surface area contributed by atoms with Gasteiger partial charge in [0.2, 0.25) is 0 Å². The molecule has 0 saturated heterocycles. The molecule has 0 atom stereocenters. The van der Waals surface area contributed by atoms with E-state index in [0.29, 0.717) is 5.41 Å². The van der Waals surface area contributed by atoms with Crippen molar-refractivity contribution in [1.29, 1.82) is 0 Å². The van der Waals surface area contributed by atoms with Gasteiger partial charge in [-0.15, -0.1) is 0 Å². The molecule has 0 spiro atoms. The van der Waals surface area contributed by atoms with Gasteiger partial charge in [-0.05, 0) is 41.4 Å². The lowest BCUT2D eigenvalue weighted by atomic mass is 9.72. The molecule has 19 heavy (non-hydrogen) atoms. The van der Waals surface area contributed by atoms with Crippen molar-refractivity contribution in [3.63, 3.8) is 0 Å². The Kier molecular flexibility index (Phi) is 5.46. The molecule has 107 valence electrons. The Balaban J connectivity index is 2.69. The van der Waals surface area contributed by atoms with Crippen LogP contribution in [-0.2, 0) is 5.41 Å². The highest BCUT2D eigenvalue weighted by Crippen LogP contribution is 2.36. The predicted molar refractivity (Wildman–Crippen MR) is 82.8 cm³/mol. The van der Waals surface area contributed by atoms with Crippen LogP contribution in [0.5, 0.6) is 5.75 Å². The molecule has 0 saturated carbocycles. The van der Waals surface area contributed by atoms with Gasteiger partial charge in [0.05, 0.1) is 6.61 Å². The summed E-state index contributed by atoms with van der Waals surface area (Å²) in [5.74, 6) is 0.865. The second kappa shape index (κ2) is 6.45. The minimum Gasteiger partial charge on any atom is -0.493 e. The molecular formula is C18H29O. The zero-order chi connectivity index (χ0) is 14.5. The average Bonchev–Trinajstić information content (AvgIpc) is 2.27. The van der Waals surface area contributed by atoms with Gasteiger partial charge in [-0.3, -0.25) is 0 Å². The van der Waals surface area contributed by atoms with E-state index in [2.05, 4.69) is 65.8 Å². The van der Waals surface area contributed by atoms with Gasteiger partial charge in [0.1, 0.15) is 5.75 Å². The molecule has 0 heterocycles. The van der Waals surface area contributed by atoms with Crippen molar-refractivity contribution in [2.45, 2.75) is 66.2 Å². The van der Waals surface area contributed by atoms with Crippen molar-refractivity contribution in [2.75, 3.05) is 6.61 Å². The highest BCUT2D eigenvalue weighted by Gasteiger charge is 2.27. The van der Waals surface area contributed by atoms with E-state index >= 15 is 0 Å². The fraction of sp³-hybridized carbons (Fsp3) is 0.667. The lowest BCUT2D eigenvalue weighted by Gasteiger charge is -2.33. The molecule has 0 N–H and O–H groups in total. The summed E-state index contributed by atoms with van der Waals surface area (Å²) in [5, 5.41) is 0. The molecular weight excluding hydrogens is 232 g/mol. The maximum atomic E-state index is 5.66. The molecule has 0 unspecified atom stereocenters. The Bertz CT molecular complexity index is 368. The summed E-state index contributed by atoms with van der Waals surface area (Å²) in [6.07, 6.45) is 3.42. The lowest BCUT2D eigenvalue weighted by Crippen LogP contribution is -2.24. The first kappa shape index (κ1) is 16.1. The lowest BCUT2D eigenvalue weighted by molar-refractivity contribution is 0.283. The Morgan fingerprint density at radius 1 is 1.11 bits per heavy atom. The van der Waals surface area contributed by atoms with Crippen LogP contribution in [0.3, 0.4) is 0 Å². The average molecular weight is 261 g/mol. The normalized spacial score (nSPS) is 12.5. The Morgan fingerprint density at radius 2 is 1.79 bits per heavy atom. The van der Waals surface area contributed by atoms with E-state index in [1.165, 1.54) is 5.56 Å². The molecule has 1 aromatic rings. The van der Waals surface area contributed by atoms with Crippen molar-refractivity contribution in [3.05, 3.63) is 29.8 Å². The van der Waals surface area contributed by atoms with Crippen molar-refractivity contribution >= 4 is 0 Å². The topological polar surface area (TPSA) is 9.23 Å². The van der Waals surface area contributed by atoms with E-state index in [4.69, 9.17) is 4.74 Å². The molecule has 1 aromatic carbocycles. The van der Waals surface area contributed by atoms with Gasteiger partial charge in [-0.1, -0.05) is 54.0 Å². The van der Waals surface area contributed by atoms with Gasteiger partial charge in [-0.2, -0.15) is 0 Å². The summed E-state index contributed by atoms with van der Waals surface area (Å²) >= 11 is 0. The van der Waals surface area contributed by atoms with Crippen LogP contribution in [0.1, 0.15) is 66.4 Å². The van der Waals surface area contributed by atoms with Gasteiger partial charge in [0.15, 0.2) is 0 Å². The molecule has 0 aliphatic rings. The van der Waals surface area contributed by atoms with E-state index in [1.54, 1.807) is 0 Å². The zero-order valence-corrected chi connectivity index (χ0v) is 13.5. The number of rotatable bonds is 6. The maximum Gasteiger partial charge on any atom is 0.127 e. The van der Waals surface area contributed by atoms with Gasteiger partial charge in [0, 0.05) is 6.07 Å². The Labute approximate surface area is 119 Å². The Morgan fingerprint density at radius 3 is 2.26 bits per heavy atom. The molecule has 0 aliphatic carbocycles. The highest BCUT2D eigenvalue weighted by molar-refractivity contribution is 5.30. The molecule has 0 aromatic heterocycles. The quantitative estimate of drug-likeness (QED) is 0.625. The van der Waals surface area contributed by atoms with E-state index in [9.17, 15) is 0 Å². The summed E-state index contributed by atoms with van der Waals surface area (Å²) in [7, 11) is 0. The van der Waals surface area contributed by atoms with Gasteiger partial charge < -0.3 is 4.74 Å². The number of ether oxygens (including phenoxy) is 1. The monoisotopic (exact) mass is 261 g/mol. The van der Waals surface area contributed by atoms with E-state index in [-0.39, 0.29) is 5.41 Å². The first-order valence-electron chi connectivity index (χ1n) is 7.40. The molecule has 1 nitrogen and oxygen atoms in total. The molecule has 0 amide bonds. The van der Waals surface area contributed by atoms with Crippen LogP contribution in [0, 0.1) is 11.5 Å². The van der Waals surface area contributed by atoms with E-state index < -0.39 is 0 Å². The van der Waals surface area contributed by atoms with Crippen molar-refractivity contribution < 1.29 is 4.74 Å². The van der Waals surface area contributed by atoms with Crippen LogP contribution in [0.4, 0.5) is 0 Å². The fourth-order valence-electron chi connectivity index (χ4n) is 2.68. The van der Waals surface area contributed by atoms with Crippen LogP contribution in [0.25, 0.3) is 0 Å². The molecule has 0 bridgehead atoms. The minimum atomic E-state index is 0.177. The van der Waals surface area contributed by atoms with Crippen LogP contribution >= 0.6 is 0 Å². The molecule has 0 fully saturated rings. The second-order valence-corrected chi connectivity index (χ2v) is 7.26. The number of hydrogen-bond donors (Lipinski definition) is 0. The summed E-state index contributed by atoms with van der Waals surface area (Å²) in [4.78, 5) is 0. The predicted octanol–water partition coefficient (Wildman–Crippen LogP) is 5.38.